The van der Waals surface area contributed by atoms with Crippen LogP contribution >= 0.6 is 0 Å². The molecule has 0 bridgehead atoms. The third-order valence-corrected chi connectivity index (χ3v) is 2.67. The monoisotopic (exact) mass is 292 g/mol. The minimum atomic E-state index is -1.10. The number of carboxylic acid groups (broad SMARTS) is 1. The van der Waals surface area contributed by atoms with Crippen molar-refractivity contribution in [1.29, 1.82) is 0 Å². The maximum atomic E-state index is 10.2. The summed E-state index contributed by atoms with van der Waals surface area (Å²) in [6.45, 7) is 10.8. The molecule has 0 aliphatic heterocycles. The third kappa shape index (κ3) is 9.77. The molecule has 0 aliphatic carbocycles. The Labute approximate surface area is 120 Å². The van der Waals surface area contributed by atoms with Crippen LogP contribution in [0.5, 0.6) is 0 Å². The van der Waals surface area contributed by atoms with Crippen molar-refractivity contribution in [3.63, 3.8) is 0 Å². The predicted molar refractivity (Wildman–Crippen MR) is 76.2 cm³/mol. The molecule has 20 heavy (non-hydrogen) atoms. The van der Waals surface area contributed by atoms with E-state index in [1.165, 1.54) is 0 Å². The Morgan fingerprint density at radius 1 is 1.10 bits per heavy atom. The van der Waals surface area contributed by atoms with E-state index >= 15 is 0 Å². The maximum Gasteiger partial charge on any atom is 0.370 e. The highest BCUT2D eigenvalue weighted by Crippen LogP contribution is 2.18. The molecule has 0 atom stereocenters. The van der Waals surface area contributed by atoms with Gasteiger partial charge in [0.1, 0.15) is 0 Å². The lowest BCUT2D eigenvalue weighted by atomic mass is 9.88. The summed E-state index contributed by atoms with van der Waals surface area (Å²) in [7, 11) is 0. The fourth-order valence-electron chi connectivity index (χ4n) is 0.851. The maximum absolute atomic E-state index is 10.2. The number of aliphatic carboxylic acids is 1. The topological polar surface area (TPSA) is 107 Å². The largest absolute Gasteiger partial charge is 0.486 e. The van der Waals surface area contributed by atoms with E-state index in [1.807, 2.05) is 27.7 Å². The Bertz CT molecular complexity index is 271. The fourth-order valence-corrected chi connectivity index (χ4v) is 0.851. The van der Waals surface area contributed by atoms with Crippen LogP contribution in [0.15, 0.2) is 12.3 Å². The SMILES string of the molecule is C=C(OCC(C)(C)C)C(=O)O.CCC(CO)(CO)CO. The van der Waals surface area contributed by atoms with E-state index in [4.69, 9.17) is 25.2 Å². The van der Waals surface area contributed by atoms with E-state index in [9.17, 15) is 4.79 Å². The molecule has 120 valence electrons. The lowest BCUT2D eigenvalue weighted by molar-refractivity contribution is -0.137. The summed E-state index contributed by atoms with van der Waals surface area (Å²) in [6, 6.07) is 0. The molecule has 0 aromatic heterocycles. The molecule has 6 nitrogen and oxygen atoms in total. The molecular weight excluding hydrogens is 264 g/mol. The van der Waals surface area contributed by atoms with Crippen molar-refractivity contribution in [2.24, 2.45) is 10.8 Å². The van der Waals surface area contributed by atoms with Crippen molar-refractivity contribution < 1.29 is 30.0 Å². The van der Waals surface area contributed by atoms with Gasteiger partial charge in [-0.15, -0.1) is 0 Å². The fraction of sp³-hybridized carbons (Fsp3) is 0.786. The number of rotatable bonds is 7. The molecular formula is C14H28O6. The van der Waals surface area contributed by atoms with Crippen LogP contribution in [0, 0.1) is 10.8 Å². The van der Waals surface area contributed by atoms with Crippen molar-refractivity contribution >= 4 is 5.97 Å². The summed E-state index contributed by atoms with van der Waals surface area (Å²) in [5, 5.41) is 34.3. The van der Waals surface area contributed by atoms with Gasteiger partial charge >= 0.3 is 5.97 Å². The zero-order valence-electron chi connectivity index (χ0n) is 12.8. The van der Waals surface area contributed by atoms with Crippen LogP contribution < -0.4 is 0 Å². The Morgan fingerprint density at radius 2 is 1.50 bits per heavy atom. The van der Waals surface area contributed by atoms with Crippen LogP contribution in [0.25, 0.3) is 0 Å². The van der Waals surface area contributed by atoms with Gasteiger partial charge in [0.2, 0.25) is 0 Å². The second-order valence-corrected chi connectivity index (χ2v) is 5.91. The number of carbonyl (C=O) groups is 1. The van der Waals surface area contributed by atoms with Crippen LogP contribution in [-0.4, -0.2) is 52.8 Å². The number of ether oxygens (including phenoxy) is 1. The lowest BCUT2D eigenvalue weighted by Gasteiger charge is -2.24. The zero-order chi connectivity index (χ0) is 16.4. The molecule has 4 N–H and O–H groups in total. The Hall–Kier alpha value is -1.11. The molecule has 0 fully saturated rings. The Kier molecular flexibility index (Phi) is 10.3. The highest BCUT2D eigenvalue weighted by molar-refractivity contribution is 5.83. The van der Waals surface area contributed by atoms with Gasteiger partial charge in [-0.25, -0.2) is 4.79 Å². The molecule has 0 aromatic carbocycles. The second-order valence-electron chi connectivity index (χ2n) is 5.91. The molecule has 0 aliphatic rings. The lowest BCUT2D eigenvalue weighted by Crippen LogP contribution is -2.32. The van der Waals surface area contributed by atoms with E-state index in [0.29, 0.717) is 13.0 Å². The number of aliphatic hydroxyl groups excluding tert-OH is 3. The molecule has 0 heterocycles. The first-order valence-corrected chi connectivity index (χ1v) is 6.45. The summed E-state index contributed by atoms with van der Waals surface area (Å²) in [4.78, 5) is 10.2. The minimum absolute atomic E-state index is 0.0294. The molecule has 0 radical (unpaired) electrons. The Balaban J connectivity index is 0. The molecule has 0 saturated carbocycles. The number of hydrogen-bond donors (Lipinski definition) is 4. The van der Waals surface area contributed by atoms with Gasteiger partial charge in [0.15, 0.2) is 5.76 Å². The first kappa shape index (κ1) is 21.2. The Morgan fingerprint density at radius 3 is 1.65 bits per heavy atom. The molecule has 0 amide bonds. The van der Waals surface area contributed by atoms with Gasteiger partial charge < -0.3 is 25.2 Å². The van der Waals surface area contributed by atoms with E-state index in [0.717, 1.165) is 0 Å². The van der Waals surface area contributed by atoms with Gasteiger partial charge in [-0.05, 0) is 18.4 Å². The van der Waals surface area contributed by atoms with Crippen molar-refractivity contribution in [2.75, 3.05) is 26.4 Å². The summed E-state index contributed by atoms with van der Waals surface area (Å²) in [5.74, 6) is -1.30. The number of aliphatic hydroxyl groups is 3. The molecule has 0 unspecified atom stereocenters. The summed E-state index contributed by atoms with van der Waals surface area (Å²) < 4.78 is 4.87. The molecule has 0 rings (SSSR count). The average molecular weight is 292 g/mol. The highest BCUT2D eigenvalue weighted by atomic mass is 16.5. The van der Waals surface area contributed by atoms with E-state index in [-0.39, 0.29) is 31.0 Å². The minimum Gasteiger partial charge on any atom is -0.486 e. The van der Waals surface area contributed by atoms with E-state index in [1.54, 1.807) is 0 Å². The van der Waals surface area contributed by atoms with Crippen LogP contribution in [0.2, 0.25) is 0 Å². The van der Waals surface area contributed by atoms with Crippen LogP contribution in [0.3, 0.4) is 0 Å². The molecule has 0 aromatic rings. The second kappa shape index (κ2) is 9.74. The van der Waals surface area contributed by atoms with Crippen molar-refractivity contribution in [2.45, 2.75) is 34.1 Å². The average Bonchev–Trinajstić information content (AvgIpc) is 2.39. The molecule has 0 spiro atoms. The van der Waals surface area contributed by atoms with Crippen molar-refractivity contribution in [3.05, 3.63) is 12.3 Å². The highest BCUT2D eigenvalue weighted by Gasteiger charge is 2.24. The van der Waals surface area contributed by atoms with E-state index in [2.05, 4.69) is 6.58 Å². The van der Waals surface area contributed by atoms with Gasteiger partial charge in [-0.1, -0.05) is 27.7 Å². The number of carboxylic acids is 1. The first-order chi connectivity index (χ1) is 9.07. The quantitative estimate of drug-likeness (QED) is 0.412. The molecule has 6 heteroatoms. The summed E-state index contributed by atoms with van der Waals surface area (Å²) in [5.41, 5.74) is -0.696. The normalized spacial score (nSPS) is 11.3. The summed E-state index contributed by atoms with van der Waals surface area (Å²) in [6.07, 6.45) is 0.594. The van der Waals surface area contributed by atoms with Gasteiger partial charge in [-0.3, -0.25) is 0 Å². The molecule has 0 saturated heterocycles. The van der Waals surface area contributed by atoms with Crippen molar-refractivity contribution in [3.8, 4) is 0 Å². The first-order valence-electron chi connectivity index (χ1n) is 6.45. The summed E-state index contributed by atoms with van der Waals surface area (Å²) >= 11 is 0. The standard InChI is InChI=1S/C8H14O3.C6H14O3/c1-6(7(9)10)11-5-8(2,3)4;1-2-6(3-7,4-8)5-9/h1,5H2,2-4H3,(H,9,10);7-9H,2-5H2,1H3. The van der Waals surface area contributed by atoms with Crippen LogP contribution in [-0.2, 0) is 9.53 Å². The van der Waals surface area contributed by atoms with Crippen LogP contribution in [0.4, 0.5) is 0 Å². The van der Waals surface area contributed by atoms with Gasteiger partial charge in [0.05, 0.1) is 26.4 Å². The number of hydrogen-bond acceptors (Lipinski definition) is 5. The predicted octanol–water partition coefficient (Wildman–Crippen LogP) is 1.01. The van der Waals surface area contributed by atoms with Gasteiger partial charge in [-0.2, -0.15) is 0 Å². The van der Waals surface area contributed by atoms with Crippen molar-refractivity contribution in [1.82, 2.24) is 0 Å². The zero-order valence-corrected chi connectivity index (χ0v) is 12.8. The van der Waals surface area contributed by atoms with Gasteiger partial charge in [0, 0.05) is 5.41 Å². The van der Waals surface area contributed by atoms with E-state index < -0.39 is 11.4 Å². The van der Waals surface area contributed by atoms with Crippen LogP contribution in [0.1, 0.15) is 34.1 Å². The van der Waals surface area contributed by atoms with Gasteiger partial charge in [0.25, 0.3) is 0 Å². The third-order valence-electron chi connectivity index (χ3n) is 2.67. The smallest absolute Gasteiger partial charge is 0.370 e.